The second-order valence-corrected chi connectivity index (χ2v) is 4.38. The lowest BCUT2D eigenvalue weighted by molar-refractivity contribution is -0.139. The van der Waals surface area contributed by atoms with Gasteiger partial charge in [-0.2, -0.15) is 0 Å². The van der Waals surface area contributed by atoms with Crippen molar-refractivity contribution in [2.45, 2.75) is 19.1 Å². The minimum absolute atomic E-state index is 0.150. The van der Waals surface area contributed by atoms with Gasteiger partial charge in [-0.3, -0.25) is 9.59 Å². The maximum Gasteiger partial charge on any atom is 0.309 e. The fourth-order valence-electron chi connectivity index (χ4n) is 1.69. The average molecular weight is 292 g/mol. The summed E-state index contributed by atoms with van der Waals surface area (Å²) >= 11 is 0. The standard InChI is InChI=1S/C14H16N2O5/c17-12(10-4-7-20-9-10)3-5-15-13(18)14(19)16-8-11-2-1-6-21-11/h1-2,4,6-7,9,12,17H,3,5,8H2,(H,15,18)(H,16,19)/t12-/m1/s1. The number of aliphatic hydroxyl groups excluding tert-OH is 1. The minimum Gasteiger partial charge on any atom is -0.472 e. The molecule has 2 amide bonds. The van der Waals surface area contributed by atoms with Crippen molar-refractivity contribution in [2.24, 2.45) is 0 Å². The topological polar surface area (TPSA) is 105 Å². The summed E-state index contributed by atoms with van der Waals surface area (Å²) < 4.78 is 9.88. The van der Waals surface area contributed by atoms with Crippen LogP contribution >= 0.6 is 0 Å². The Balaban J connectivity index is 1.65. The van der Waals surface area contributed by atoms with Crippen molar-refractivity contribution in [3.05, 3.63) is 48.3 Å². The lowest BCUT2D eigenvalue weighted by atomic mass is 10.1. The zero-order valence-corrected chi connectivity index (χ0v) is 11.2. The van der Waals surface area contributed by atoms with E-state index in [0.717, 1.165) is 0 Å². The first kappa shape index (κ1) is 14.9. The molecule has 0 spiro atoms. The molecule has 2 rings (SSSR count). The second-order valence-electron chi connectivity index (χ2n) is 4.38. The highest BCUT2D eigenvalue weighted by molar-refractivity contribution is 6.35. The molecule has 0 aromatic carbocycles. The number of furan rings is 2. The van der Waals surface area contributed by atoms with E-state index in [1.54, 1.807) is 18.2 Å². The Kier molecular flexibility index (Phi) is 5.16. The zero-order chi connectivity index (χ0) is 15.1. The van der Waals surface area contributed by atoms with Crippen molar-refractivity contribution < 1.29 is 23.5 Å². The second kappa shape index (κ2) is 7.30. The number of amides is 2. The SMILES string of the molecule is O=C(NCC[C@@H](O)c1ccoc1)C(=O)NCc1ccco1. The van der Waals surface area contributed by atoms with E-state index in [0.29, 0.717) is 11.3 Å². The van der Waals surface area contributed by atoms with Crippen LogP contribution < -0.4 is 10.6 Å². The lowest BCUT2D eigenvalue weighted by Gasteiger charge is -2.09. The molecule has 0 saturated carbocycles. The third-order valence-corrected chi connectivity index (χ3v) is 2.84. The smallest absolute Gasteiger partial charge is 0.309 e. The number of carbonyl (C=O) groups is 2. The molecule has 0 aliphatic rings. The molecule has 3 N–H and O–H groups in total. The first-order chi connectivity index (χ1) is 10.2. The third-order valence-electron chi connectivity index (χ3n) is 2.84. The lowest BCUT2D eigenvalue weighted by Crippen LogP contribution is -2.40. The van der Waals surface area contributed by atoms with Gasteiger partial charge in [0.15, 0.2) is 0 Å². The molecule has 0 unspecified atom stereocenters. The molecule has 2 aromatic rings. The predicted octanol–water partition coefficient (Wildman–Crippen LogP) is 0.729. The third kappa shape index (κ3) is 4.50. The molecule has 1 atom stereocenters. The Morgan fingerprint density at radius 1 is 1.19 bits per heavy atom. The molecule has 0 aliphatic heterocycles. The number of rotatable bonds is 6. The molecular weight excluding hydrogens is 276 g/mol. The van der Waals surface area contributed by atoms with Crippen LogP contribution in [0.3, 0.4) is 0 Å². The largest absolute Gasteiger partial charge is 0.472 e. The zero-order valence-electron chi connectivity index (χ0n) is 11.2. The van der Waals surface area contributed by atoms with E-state index < -0.39 is 17.9 Å². The summed E-state index contributed by atoms with van der Waals surface area (Å²) in [6.07, 6.45) is 3.92. The Bertz CT molecular complexity index is 562. The van der Waals surface area contributed by atoms with Crippen LogP contribution in [0, 0.1) is 0 Å². The summed E-state index contributed by atoms with van der Waals surface area (Å²) in [4.78, 5) is 23.0. The summed E-state index contributed by atoms with van der Waals surface area (Å²) in [5.41, 5.74) is 0.631. The van der Waals surface area contributed by atoms with Gasteiger partial charge in [-0.1, -0.05) is 0 Å². The van der Waals surface area contributed by atoms with Gasteiger partial charge >= 0.3 is 11.8 Å². The normalized spacial score (nSPS) is 11.9. The van der Waals surface area contributed by atoms with E-state index in [1.807, 2.05) is 0 Å². The first-order valence-electron chi connectivity index (χ1n) is 6.45. The maximum atomic E-state index is 11.5. The summed E-state index contributed by atoms with van der Waals surface area (Å²) in [5, 5.41) is 14.6. The van der Waals surface area contributed by atoms with Crippen molar-refractivity contribution in [2.75, 3.05) is 6.54 Å². The van der Waals surface area contributed by atoms with Gasteiger partial charge in [-0.25, -0.2) is 0 Å². The molecule has 112 valence electrons. The van der Waals surface area contributed by atoms with Gasteiger partial charge in [-0.05, 0) is 24.6 Å². The van der Waals surface area contributed by atoms with Crippen LogP contribution in [0.25, 0.3) is 0 Å². The number of hydrogen-bond acceptors (Lipinski definition) is 5. The van der Waals surface area contributed by atoms with Crippen LogP contribution in [0.5, 0.6) is 0 Å². The van der Waals surface area contributed by atoms with E-state index >= 15 is 0 Å². The highest BCUT2D eigenvalue weighted by Crippen LogP contribution is 2.15. The van der Waals surface area contributed by atoms with Gasteiger partial charge in [0.2, 0.25) is 0 Å². The molecule has 0 bridgehead atoms. The van der Waals surface area contributed by atoms with Crippen molar-refractivity contribution in [3.63, 3.8) is 0 Å². The average Bonchev–Trinajstić information content (AvgIpc) is 3.17. The molecule has 21 heavy (non-hydrogen) atoms. The molecule has 2 aromatic heterocycles. The molecule has 0 radical (unpaired) electrons. The molecule has 0 saturated heterocycles. The quantitative estimate of drug-likeness (QED) is 0.681. The van der Waals surface area contributed by atoms with Crippen molar-refractivity contribution in [1.29, 1.82) is 0 Å². The van der Waals surface area contributed by atoms with Gasteiger partial charge in [-0.15, -0.1) is 0 Å². The Hall–Kier alpha value is -2.54. The van der Waals surface area contributed by atoms with Gasteiger partial charge in [0.1, 0.15) is 5.76 Å². The van der Waals surface area contributed by atoms with Crippen molar-refractivity contribution in [3.8, 4) is 0 Å². The monoisotopic (exact) mass is 292 g/mol. The van der Waals surface area contributed by atoms with E-state index in [1.165, 1.54) is 18.8 Å². The molecule has 0 fully saturated rings. The molecular formula is C14H16N2O5. The van der Waals surface area contributed by atoms with Crippen LogP contribution in [0.1, 0.15) is 23.8 Å². The molecule has 7 nitrogen and oxygen atoms in total. The van der Waals surface area contributed by atoms with E-state index in [9.17, 15) is 14.7 Å². The molecule has 7 heteroatoms. The molecule has 2 heterocycles. The van der Waals surface area contributed by atoms with Gasteiger partial charge < -0.3 is 24.6 Å². The van der Waals surface area contributed by atoms with Crippen molar-refractivity contribution in [1.82, 2.24) is 10.6 Å². The number of aliphatic hydroxyl groups is 1. The first-order valence-corrected chi connectivity index (χ1v) is 6.45. The summed E-state index contributed by atoms with van der Waals surface area (Å²) in [6.45, 7) is 0.330. The Morgan fingerprint density at radius 2 is 2.00 bits per heavy atom. The summed E-state index contributed by atoms with van der Waals surface area (Å²) in [5.74, 6) is -0.934. The van der Waals surface area contributed by atoms with E-state index in [2.05, 4.69) is 10.6 Å². The minimum atomic E-state index is -0.749. The number of nitrogens with one attached hydrogen (secondary N) is 2. The maximum absolute atomic E-state index is 11.5. The van der Waals surface area contributed by atoms with Crippen LogP contribution in [0.2, 0.25) is 0 Å². The van der Waals surface area contributed by atoms with Gasteiger partial charge in [0.25, 0.3) is 0 Å². The highest BCUT2D eigenvalue weighted by atomic mass is 16.3. The van der Waals surface area contributed by atoms with Crippen LogP contribution in [-0.4, -0.2) is 23.5 Å². The van der Waals surface area contributed by atoms with E-state index in [4.69, 9.17) is 8.83 Å². The Morgan fingerprint density at radius 3 is 2.67 bits per heavy atom. The molecule has 0 aliphatic carbocycles. The summed E-state index contributed by atoms with van der Waals surface area (Å²) in [6, 6.07) is 5.03. The van der Waals surface area contributed by atoms with E-state index in [-0.39, 0.29) is 19.5 Å². The van der Waals surface area contributed by atoms with Crippen LogP contribution in [0.15, 0.2) is 45.8 Å². The van der Waals surface area contributed by atoms with Gasteiger partial charge in [0, 0.05) is 12.1 Å². The Labute approximate surface area is 120 Å². The fourth-order valence-corrected chi connectivity index (χ4v) is 1.69. The number of carbonyl (C=O) groups excluding carboxylic acids is 2. The van der Waals surface area contributed by atoms with Crippen molar-refractivity contribution >= 4 is 11.8 Å². The van der Waals surface area contributed by atoms with Gasteiger partial charge in [0.05, 0.1) is 31.4 Å². The van der Waals surface area contributed by atoms with Crippen LogP contribution in [-0.2, 0) is 16.1 Å². The number of hydrogen-bond donors (Lipinski definition) is 3. The predicted molar refractivity (Wildman–Crippen MR) is 71.8 cm³/mol. The van der Waals surface area contributed by atoms with Crippen LogP contribution in [0.4, 0.5) is 0 Å². The summed E-state index contributed by atoms with van der Waals surface area (Å²) in [7, 11) is 0. The fraction of sp³-hybridized carbons (Fsp3) is 0.286. The highest BCUT2D eigenvalue weighted by Gasteiger charge is 2.14.